The van der Waals surface area contributed by atoms with Gasteiger partial charge in [0.2, 0.25) is 0 Å². The zero-order valence-electron chi connectivity index (χ0n) is 14.8. The maximum absolute atomic E-state index is 12.9. The van der Waals surface area contributed by atoms with Gasteiger partial charge in [0.1, 0.15) is 0 Å². The molecule has 0 saturated heterocycles. The molecule has 26 heavy (non-hydrogen) atoms. The van der Waals surface area contributed by atoms with E-state index >= 15 is 0 Å². The Balaban J connectivity index is 1.82. The van der Waals surface area contributed by atoms with Crippen LogP contribution in [0.4, 0.5) is 0 Å². The fraction of sp³-hybridized carbons (Fsp3) is 0.143. The van der Waals surface area contributed by atoms with Gasteiger partial charge in [-0.3, -0.25) is 0 Å². The number of fused-ring (bicyclic) bond motifs is 3. The predicted octanol–water partition coefficient (Wildman–Crippen LogP) is 5.46. The van der Waals surface area contributed by atoms with Gasteiger partial charge in [0.15, 0.2) is 0 Å². The zero-order chi connectivity index (χ0) is 18.5. The summed E-state index contributed by atoms with van der Waals surface area (Å²) in [6.45, 7) is 6.07. The third-order valence-electron chi connectivity index (χ3n) is 4.57. The van der Waals surface area contributed by atoms with Crippen molar-refractivity contribution in [2.75, 3.05) is 0 Å². The van der Waals surface area contributed by atoms with Gasteiger partial charge < -0.3 is 0 Å². The third kappa shape index (κ3) is 2.98. The summed E-state index contributed by atoms with van der Waals surface area (Å²) in [7, 11) is -3.80. The van der Waals surface area contributed by atoms with E-state index in [1.807, 2.05) is 25.1 Å². The molecule has 3 aromatic carbocycles. The number of hydrogen-bond acceptors (Lipinski definition) is 3. The summed E-state index contributed by atoms with van der Waals surface area (Å²) in [6.07, 6.45) is 0. The normalized spacial score (nSPS) is 14.2. The first-order valence-corrected chi connectivity index (χ1v) is 12.7. The van der Waals surface area contributed by atoms with E-state index in [0.717, 1.165) is 29.4 Å². The summed E-state index contributed by atoms with van der Waals surface area (Å²) in [4.78, 5) is 0.218. The minimum absolute atomic E-state index is 0.218. The molecule has 0 radical (unpaired) electrons. The molecular weight excluding hydrogens is 459 g/mol. The van der Waals surface area contributed by atoms with Gasteiger partial charge in [0.05, 0.1) is 0 Å². The SMILES string of the molecule is Cc1ccc(S(=O)(=O)OI2c3ccccc3-c3cc(C)c(C)cc32)cc1. The van der Waals surface area contributed by atoms with Gasteiger partial charge in [-0.15, -0.1) is 0 Å². The van der Waals surface area contributed by atoms with E-state index in [9.17, 15) is 8.42 Å². The molecule has 0 atom stereocenters. The Morgan fingerprint density at radius 2 is 1.42 bits per heavy atom. The van der Waals surface area contributed by atoms with Crippen molar-refractivity contribution < 1.29 is 10.9 Å². The summed E-state index contributed by atoms with van der Waals surface area (Å²) in [6, 6.07) is 19.1. The molecule has 0 spiro atoms. The van der Waals surface area contributed by atoms with Gasteiger partial charge in [-0.2, -0.15) is 0 Å². The summed E-state index contributed by atoms with van der Waals surface area (Å²) < 4.78 is 33.8. The molecule has 0 aromatic heterocycles. The molecule has 1 aliphatic rings. The predicted molar refractivity (Wildman–Crippen MR) is 112 cm³/mol. The van der Waals surface area contributed by atoms with Crippen LogP contribution < -0.4 is 0 Å². The Morgan fingerprint density at radius 1 is 0.769 bits per heavy atom. The monoisotopic (exact) mass is 478 g/mol. The number of benzene rings is 3. The van der Waals surface area contributed by atoms with Crippen molar-refractivity contribution >= 4 is 30.4 Å². The molecule has 3 aromatic rings. The van der Waals surface area contributed by atoms with Crippen molar-refractivity contribution in [3.05, 3.63) is 84.5 Å². The van der Waals surface area contributed by atoms with Crippen molar-refractivity contribution in [1.29, 1.82) is 0 Å². The molecule has 0 N–H and O–H groups in total. The topological polar surface area (TPSA) is 43.4 Å². The summed E-state index contributed by atoms with van der Waals surface area (Å²) in [5.74, 6) is 0. The average molecular weight is 478 g/mol. The molecule has 4 rings (SSSR count). The molecule has 0 aliphatic carbocycles. The molecule has 0 saturated carbocycles. The molecule has 1 aliphatic heterocycles. The van der Waals surface area contributed by atoms with Crippen molar-refractivity contribution in [2.24, 2.45) is 0 Å². The van der Waals surface area contributed by atoms with Crippen LogP contribution in [0, 0.1) is 27.9 Å². The first-order chi connectivity index (χ1) is 12.4. The van der Waals surface area contributed by atoms with Crippen LogP contribution in [0.2, 0.25) is 0 Å². The first-order valence-electron chi connectivity index (χ1n) is 8.29. The number of halogens is 1. The fourth-order valence-electron chi connectivity index (χ4n) is 2.96. The van der Waals surface area contributed by atoms with Gasteiger partial charge >= 0.3 is 163 Å². The van der Waals surface area contributed by atoms with E-state index in [1.54, 1.807) is 24.3 Å². The van der Waals surface area contributed by atoms with Gasteiger partial charge in [0, 0.05) is 0 Å². The first kappa shape index (κ1) is 17.7. The number of aryl methyl sites for hydroxylation is 3. The van der Waals surface area contributed by atoms with Crippen LogP contribution in [0.25, 0.3) is 11.1 Å². The van der Waals surface area contributed by atoms with Crippen molar-refractivity contribution in [3.63, 3.8) is 0 Å². The summed E-state index contributed by atoms with van der Waals surface area (Å²) in [5, 5.41) is 0. The summed E-state index contributed by atoms with van der Waals surface area (Å²) >= 11 is -2.54. The van der Waals surface area contributed by atoms with Crippen LogP contribution in [-0.2, 0) is 12.6 Å². The molecule has 0 bridgehead atoms. The molecule has 0 amide bonds. The van der Waals surface area contributed by atoms with Crippen LogP contribution in [0.1, 0.15) is 16.7 Å². The van der Waals surface area contributed by atoms with Gasteiger partial charge in [-0.25, -0.2) is 0 Å². The third-order valence-corrected chi connectivity index (χ3v) is 12.2. The molecule has 1 heterocycles. The van der Waals surface area contributed by atoms with Gasteiger partial charge in [-0.05, 0) is 0 Å². The second-order valence-corrected chi connectivity index (χ2v) is 12.8. The van der Waals surface area contributed by atoms with Gasteiger partial charge in [0.25, 0.3) is 0 Å². The van der Waals surface area contributed by atoms with E-state index in [2.05, 4.69) is 32.0 Å². The van der Waals surface area contributed by atoms with Gasteiger partial charge in [-0.1, -0.05) is 0 Å². The standard InChI is InChI=1S/C21H19IO3S/c1-14-8-10-17(11-9-14)26(23,24)25-22-20-7-5-4-6-18(20)19-12-15(2)16(3)13-21(19)22/h4-13H,1-3H3. The van der Waals surface area contributed by atoms with E-state index in [0.29, 0.717) is 0 Å². The maximum atomic E-state index is 12.9. The Labute approximate surface area is 162 Å². The minimum atomic E-state index is -3.80. The van der Waals surface area contributed by atoms with Crippen LogP contribution in [0.15, 0.2) is 65.6 Å². The Kier molecular flexibility index (Phi) is 4.41. The Hall–Kier alpha value is -1.70. The van der Waals surface area contributed by atoms with Crippen LogP contribution in [0.3, 0.4) is 0 Å². The van der Waals surface area contributed by atoms with Crippen molar-refractivity contribution in [3.8, 4) is 11.1 Å². The van der Waals surface area contributed by atoms with Crippen LogP contribution in [-0.4, -0.2) is 8.42 Å². The van der Waals surface area contributed by atoms with Crippen LogP contribution >= 0.6 is 20.2 Å². The van der Waals surface area contributed by atoms with Crippen molar-refractivity contribution in [1.82, 2.24) is 0 Å². The second-order valence-electron chi connectivity index (χ2n) is 6.48. The molecule has 3 nitrogen and oxygen atoms in total. The Bertz CT molecular complexity index is 1100. The molecule has 0 unspecified atom stereocenters. The van der Waals surface area contributed by atoms with Crippen molar-refractivity contribution in [2.45, 2.75) is 25.7 Å². The number of hydrogen-bond donors (Lipinski definition) is 0. The van der Waals surface area contributed by atoms with E-state index in [4.69, 9.17) is 2.51 Å². The fourth-order valence-corrected chi connectivity index (χ4v) is 10.9. The number of rotatable bonds is 3. The quantitative estimate of drug-likeness (QED) is 0.470. The second kappa shape index (κ2) is 6.48. The molecule has 5 heteroatoms. The van der Waals surface area contributed by atoms with Crippen LogP contribution in [0.5, 0.6) is 0 Å². The van der Waals surface area contributed by atoms with E-state index < -0.39 is 30.4 Å². The zero-order valence-corrected chi connectivity index (χ0v) is 17.8. The summed E-state index contributed by atoms with van der Waals surface area (Å²) in [5.41, 5.74) is 5.61. The van der Waals surface area contributed by atoms with E-state index in [1.165, 1.54) is 5.56 Å². The molecular formula is C21H19IO3S. The Morgan fingerprint density at radius 3 is 2.15 bits per heavy atom. The average Bonchev–Trinajstić information content (AvgIpc) is 2.89. The molecule has 0 fully saturated rings. The molecule has 134 valence electrons. The van der Waals surface area contributed by atoms with E-state index in [-0.39, 0.29) is 4.90 Å².